The molecule has 8 heteroatoms. The number of carbonyl (C=O) groups is 2. The molecule has 22 heavy (non-hydrogen) atoms. The predicted octanol–water partition coefficient (Wildman–Crippen LogP) is -0.309. The van der Waals surface area contributed by atoms with Gasteiger partial charge >= 0.3 is 0 Å². The molecule has 0 atom stereocenters. The molecule has 1 heterocycles. The van der Waals surface area contributed by atoms with Crippen molar-refractivity contribution in [2.45, 2.75) is 32.6 Å². The molecule has 2 fully saturated rings. The van der Waals surface area contributed by atoms with E-state index in [2.05, 4.69) is 10.6 Å². The summed E-state index contributed by atoms with van der Waals surface area (Å²) in [6.07, 6.45) is 3.05. The minimum atomic E-state index is -3.15. The zero-order valence-corrected chi connectivity index (χ0v) is 13.8. The molecule has 0 spiro atoms. The van der Waals surface area contributed by atoms with Gasteiger partial charge < -0.3 is 10.6 Å². The smallest absolute Gasteiger partial charge is 0.223 e. The van der Waals surface area contributed by atoms with Crippen molar-refractivity contribution in [2.24, 2.45) is 11.8 Å². The summed E-state index contributed by atoms with van der Waals surface area (Å²) in [5.41, 5.74) is 0. The Morgan fingerprint density at radius 1 is 0.955 bits per heavy atom. The summed E-state index contributed by atoms with van der Waals surface area (Å²) in [6.45, 7) is 3.32. The van der Waals surface area contributed by atoms with Crippen molar-refractivity contribution < 1.29 is 18.0 Å². The number of piperidine rings is 1. The molecule has 0 bridgehead atoms. The van der Waals surface area contributed by atoms with Gasteiger partial charge in [-0.05, 0) is 32.6 Å². The molecule has 1 aliphatic carbocycles. The average Bonchev–Trinajstić information content (AvgIpc) is 3.36. The van der Waals surface area contributed by atoms with E-state index in [0.717, 1.165) is 12.8 Å². The third-order valence-corrected chi connectivity index (χ3v) is 6.14. The molecule has 0 aromatic carbocycles. The summed E-state index contributed by atoms with van der Waals surface area (Å²) in [5, 5.41) is 5.61. The van der Waals surface area contributed by atoms with Crippen molar-refractivity contribution in [2.75, 3.05) is 31.9 Å². The molecule has 1 saturated heterocycles. The lowest BCUT2D eigenvalue weighted by molar-refractivity contribution is -0.126. The molecule has 0 radical (unpaired) electrons. The minimum Gasteiger partial charge on any atom is -0.354 e. The maximum Gasteiger partial charge on any atom is 0.223 e. The van der Waals surface area contributed by atoms with Crippen LogP contribution in [0, 0.1) is 11.8 Å². The maximum atomic E-state index is 12.0. The average molecular weight is 331 g/mol. The third kappa shape index (κ3) is 4.67. The number of rotatable bonds is 7. The summed E-state index contributed by atoms with van der Waals surface area (Å²) >= 11 is 0. The van der Waals surface area contributed by atoms with Crippen LogP contribution in [0.2, 0.25) is 0 Å². The van der Waals surface area contributed by atoms with E-state index in [0.29, 0.717) is 39.0 Å². The number of amides is 2. The van der Waals surface area contributed by atoms with Crippen LogP contribution >= 0.6 is 0 Å². The quantitative estimate of drug-likeness (QED) is 0.626. The highest BCUT2D eigenvalue weighted by Gasteiger charge is 2.30. The number of nitrogens with one attached hydrogen (secondary N) is 2. The monoisotopic (exact) mass is 331 g/mol. The Kier molecular flexibility index (Phi) is 5.80. The summed E-state index contributed by atoms with van der Waals surface area (Å²) in [7, 11) is -3.15. The van der Waals surface area contributed by atoms with Crippen molar-refractivity contribution in [3.8, 4) is 0 Å². The van der Waals surface area contributed by atoms with Gasteiger partial charge in [0.2, 0.25) is 21.8 Å². The molecule has 126 valence electrons. The molecule has 0 unspecified atom stereocenters. The van der Waals surface area contributed by atoms with Gasteiger partial charge in [0.1, 0.15) is 0 Å². The van der Waals surface area contributed by atoms with E-state index < -0.39 is 10.0 Å². The van der Waals surface area contributed by atoms with E-state index in [1.165, 1.54) is 4.31 Å². The maximum absolute atomic E-state index is 12.0. The summed E-state index contributed by atoms with van der Waals surface area (Å²) < 4.78 is 25.0. The van der Waals surface area contributed by atoms with Crippen LogP contribution in [0.4, 0.5) is 0 Å². The van der Waals surface area contributed by atoms with Crippen molar-refractivity contribution in [1.82, 2.24) is 14.9 Å². The molecule has 7 nitrogen and oxygen atoms in total. The molecule has 2 amide bonds. The van der Waals surface area contributed by atoms with Gasteiger partial charge in [-0.3, -0.25) is 9.59 Å². The Morgan fingerprint density at radius 3 is 1.82 bits per heavy atom. The third-order valence-electron chi connectivity index (χ3n) is 4.25. The Labute approximate surface area is 131 Å². The van der Waals surface area contributed by atoms with Gasteiger partial charge in [-0.15, -0.1) is 0 Å². The zero-order chi connectivity index (χ0) is 16.2. The Bertz CT molecular complexity index is 508. The normalized spacial score (nSPS) is 20.6. The van der Waals surface area contributed by atoms with Gasteiger partial charge in [-0.2, -0.15) is 0 Å². The van der Waals surface area contributed by atoms with Crippen LogP contribution in [0.3, 0.4) is 0 Å². The zero-order valence-electron chi connectivity index (χ0n) is 13.0. The largest absolute Gasteiger partial charge is 0.354 e. The van der Waals surface area contributed by atoms with E-state index in [4.69, 9.17) is 0 Å². The molecule has 1 aliphatic heterocycles. The first-order valence-corrected chi connectivity index (χ1v) is 9.58. The fourth-order valence-corrected chi connectivity index (χ4v) is 3.72. The molecule has 2 rings (SSSR count). The summed E-state index contributed by atoms with van der Waals surface area (Å²) in [5.74, 6) is 0.175. The van der Waals surface area contributed by atoms with Crippen LogP contribution in [-0.2, 0) is 19.6 Å². The second-order valence-corrected chi connectivity index (χ2v) is 8.19. The Balaban J connectivity index is 1.63. The molecule has 0 aromatic rings. The van der Waals surface area contributed by atoms with Gasteiger partial charge in [-0.25, -0.2) is 12.7 Å². The second kappa shape index (κ2) is 7.41. The first-order chi connectivity index (χ1) is 10.4. The number of nitrogens with zero attached hydrogens (tertiary/aromatic N) is 1. The molecule has 2 aliphatic rings. The molecule has 0 aromatic heterocycles. The number of sulfonamides is 1. The van der Waals surface area contributed by atoms with Crippen LogP contribution in [0.15, 0.2) is 0 Å². The van der Waals surface area contributed by atoms with Gasteiger partial charge in [0, 0.05) is 38.0 Å². The van der Waals surface area contributed by atoms with Crippen LogP contribution in [0.25, 0.3) is 0 Å². The molecule has 2 N–H and O–H groups in total. The number of hydrogen-bond donors (Lipinski definition) is 2. The highest BCUT2D eigenvalue weighted by atomic mass is 32.2. The fourth-order valence-electron chi connectivity index (χ4n) is 2.58. The van der Waals surface area contributed by atoms with Crippen LogP contribution in [0.1, 0.15) is 32.6 Å². The summed E-state index contributed by atoms with van der Waals surface area (Å²) in [6, 6.07) is 0. The highest BCUT2D eigenvalue weighted by Crippen LogP contribution is 2.28. The van der Waals surface area contributed by atoms with Crippen molar-refractivity contribution in [3.05, 3.63) is 0 Å². The van der Waals surface area contributed by atoms with Crippen LogP contribution < -0.4 is 10.6 Å². The molecular formula is C14H25N3O4S. The van der Waals surface area contributed by atoms with E-state index in [9.17, 15) is 18.0 Å². The number of carbonyl (C=O) groups excluding carboxylic acids is 2. The lowest BCUT2D eigenvalue weighted by atomic mass is 9.97. The standard InChI is InChI=1S/C14H25N3O4S/c1-2-22(20,21)17-9-5-12(6-10-17)14(19)16-8-7-15-13(18)11-3-4-11/h11-12H,2-10H2,1H3,(H,15,18)(H,16,19). The van der Waals surface area contributed by atoms with Crippen LogP contribution in [0.5, 0.6) is 0 Å². The van der Waals surface area contributed by atoms with Gasteiger partial charge in [-0.1, -0.05) is 0 Å². The van der Waals surface area contributed by atoms with Gasteiger partial charge in [0.05, 0.1) is 5.75 Å². The highest BCUT2D eigenvalue weighted by molar-refractivity contribution is 7.89. The van der Waals surface area contributed by atoms with Gasteiger partial charge in [0.25, 0.3) is 0 Å². The first-order valence-electron chi connectivity index (χ1n) is 7.97. The SMILES string of the molecule is CCS(=O)(=O)N1CCC(C(=O)NCCNC(=O)C2CC2)CC1. The molecular weight excluding hydrogens is 306 g/mol. The van der Waals surface area contributed by atoms with Gasteiger partial charge in [0.15, 0.2) is 0 Å². The van der Waals surface area contributed by atoms with Crippen molar-refractivity contribution >= 4 is 21.8 Å². The minimum absolute atomic E-state index is 0.0470. The first kappa shape index (κ1) is 17.2. The van der Waals surface area contributed by atoms with Crippen molar-refractivity contribution in [1.29, 1.82) is 0 Å². The van der Waals surface area contributed by atoms with E-state index in [1.54, 1.807) is 6.92 Å². The van der Waals surface area contributed by atoms with E-state index in [-0.39, 0.29) is 29.4 Å². The predicted molar refractivity (Wildman–Crippen MR) is 82.5 cm³/mol. The van der Waals surface area contributed by atoms with Crippen molar-refractivity contribution in [3.63, 3.8) is 0 Å². The Morgan fingerprint density at radius 2 is 1.41 bits per heavy atom. The van der Waals surface area contributed by atoms with E-state index >= 15 is 0 Å². The second-order valence-electron chi connectivity index (χ2n) is 5.93. The van der Waals surface area contributed by atoms with E-state index in [1.807, 2.05) is 0 Å². The summed E-state index contributed by atoms with van der Waals surface area (Å²) in [4.78, 5) is 23.4. The lowest BCUT2D eigenvalue weighted by Gasteiger charge is -2.30. The molecule has 1 saturated carbocycles. The Hall–Kier alpha value is -1.15. The number of hydrogen-bond acceptors (Lipinski definition) is 4. The van der Waals surface area contributed by atoms with Crippen LogP contribution in [-0.4, -0.2) is 56.5 Å². The topological polar surface area (TPSA) is 95.6 Å². The fraction of sp³-hybridized carbons (Fsp3) is 0.857. The lowest BCUT2D eigenvalue weighted by Crippen LogP contribution is -2.44.